The number of nitrogens with zero attached hydrogens (tertiary/aromatic N) is 5. The number of fused-ring (bicyclic) bond motifs is 2. The van der Waals surface area contributed by atoms with Gasteiger partial charge >= 0.3 is 0 Å². The number of thiophene rings is 1. The zero-order valence-electron chi connectivity index (χ0n) is 17.8. The Morgan fingerprint density at radius 2 is 1.94 bits per heavy atom. The highest BCUT2D eigenvalue weighted by Crippen LogP contribution is 2.36. The Hall–Kier alpha value is -3.08. The minimum atomic E-state index is -0.332. The summed E-state index contributed by atoms with van der Waals surface area (Å²) in [6.07, 6.45) is 0.818. The molecule has 0 bridgehead atoms. The fourth-order valence-electron chi connectivity index (χ4n) is 4.33. The average molecular weight is 480 g/mol. The smallest absolute Gasteiger partial charge is 0.294 e. The molecular weight excluding hydrogens is 458 g/mol. The summed E-state index contributed by atoms with van der Waals surface area (Å²) in [6, 6.07) is 11.8. The molecule has 3 aromatic heterocycles. The highest BCUT2D eigenvalue weighted by atomic mass is 32.1. The number of carbonyl (C=O) groups excluding carboxylic acids is 1. The van der Waals surface area contributed by atoms with Gasteiger partial charge in [0.2, 0.25) is 5.91 Å². The molecule has 4 aromatic rings. The second-order valence-electron chi connectivity index (χ2n) is 7.99. The third-order valence-electron chi connectivity index (χ3n) is 6.00. The molecule has 0 aliphatic carbocycles. The van der Waals surface area contributed by atoms with Gasteiger partial charge in [0, 0.05) is 25.3 Å². The van der Waals surface area contributed by atoms with E-state index in [1.54, 1.807) is 16.2 Å². The van der Waals surface area contributed by atoms with Gasteiger partial charge in [-0.15, -0.1) is 11.3 Å². The minimum absolute atomic E-state index is 0.119. The first kappa shape index (κ1) is 20.5. The van der Waals surface area contributed by atoms with E-state index in [2.05, 4.69) is 10.00 Å². The van der Waals surface area contributed by atoms with Crippen molar-refractivity contribution in [1.82, 2.24) is 14.8 Å². The first-order valence-corrected chi connectivity index (χ1v) is 12.5. The van der Waals surface area contributed by atoms with Gasteiger partial charge in [0.25, 0.3) is 5.56 Å². The van der Waals surface area contributed by atoms with Crippen LogP contribution >= 0.6 is 22.7 Å². The average Bonchev–Trinajstić information content (AvgIpc) is 3.61. The molecule has 10 heteroatoms. The molecule has 2 aliphatic heterocycles. The van der Waals surface area contributed by atoms with E-state index in [1.807, 2.05) is 41.8 Å². The lowest BCUT2D eigenvalue weighted by molar-refractivity contribution is -0.119. The number of ether oxygens (including phenoxy) is 1. The summed E-state index contributed by atoms with van der Waals surface area (Å²) in [5.41, 5.74) is 2.80. The van der Waals surface area contributed by atoms with Crippen LogP contribution in [0.25, 0.3) is 20.8 Å². The van der Waals surface area contributed by atoms with Gasteiger partial charge < -0.3 is 14.5 Å². The van der Waals surface area contributed by atoms with Gasteiger partial charge in [-0.05, 0) is 29.5 Å². The van der Waals surface area contributed by atoms with Crippen molar-refractivity contribution < 1.29 is 9.53 Å². The van der Waals surface area contributed by atoms with Crippen molar-refractivity contribution in [2.75, 3.05) is 42.6 Å². The molecule has 1 fully saturated rings. The first-order valence-electron chi connectivity index (χ1n) is 10.9. The maximum atomic E-state index is 13.4. The van der Waals surface area contributed by atoms with Crippen LogP contribution in [0.1, 0.15) is 5.56 Å². The highest BCUT2D eigenvalue weighted by Gasteiger charge is 2.27. The quantitative estimate of drug-likeness (QED) is 0.448. The lowest BCUT2D eigenvalue weighted by Gasteiger charge is -2.25. The summed E-state index contributed by atoms with van der Waals surface area (Å²) in [7, 11) is 0. The zero-order valence-corrected chi connectivity index (χ0v) is 19.4. The number of aromatic nitrogens is 3. The van der Waals surface area contributed by atoms with Gasteiger partial charge in [0.1, 0.15) is 12.2 Å². The monoisotopic (exact) mass is 479 g/mol. The predicted octanol–water partition coefficient (Wildman–Crippen LogP) is 3.01. The number of carbonyl (C=O) groups is 1. The Bertz CT molecular complexity index is 1390. The topological polar surface area (TPSA) is 80.6 Å². The molecular formula is C23H21N5O3S2. The Morgan fingerprint density at radius 3 is 2.76 bits per heavy atom. The Balaban J connectivity index is 1.41. The molecule has 1 saturated heterocycles. The maximum absolute atomic E-state index is 13.4. The van der Waals surface area contributed by atoms with Crippen LogP contribution in [0.2, 0.25) is 0 Å². The molecule has 168 valence electrons. The lowest BCUT2D eigenvalue weighted by atomic mass is 10.2. The molecule has 0 N–H and O–H groups in total. The van der Waals surface area contributed by atoms with Gasteiger partial charge in [-0.2, -0.15) is 5.10 Å². The number of rotatable bonds is 4. The van der Waals surface area contributed by atoms with Gasteiger partial charge in [-0.25, -0.2) is 9.67 Å². The van der Waals surface area contributed by atoms with Crippen LogP contribution in [-0.4, -0.2) is 53.5 Å². The van der Waals surface area contributed by atoms with Crippen LogP contribution in [0.5, 0.6) is 0 Å². The first-order chi connectivity index (χ1) is 16.2. The molecule has 2 aliphatic rings. The number of para-hydroxylation sites is 1. The van der Waals surface area contributed by atoms with Crippen molar-refractivity contribution in [2.24, 2.45) is 0 Å². The molecule has 0 radical (unpaired) electrons. The van der Waals surface area contributed by atoms with E-state index in [0.29, 0.717) is 31.0 Å². The Labute approximate surface area is 197 Å². The number of thiazole rings is 1. The number of amides is 1. The number of hydrogen-bond donors (Lipinski definition) is 0. The van der Waals surface area contributed by atoms with E-state index in [1.165, 1.54) is 16.0 Å². The molecule has 33 heavy (non-hydrogen) atoms. The summed E-state index contributed by atoms with van der Waals surface area (Å²) >= 11 is 3.04. The van der Waals surface area contributed by atoms with E-state index in [-0.39, 0.29) is 18.0 Å². The van der Waals surface area contributed by atoms with E-state index < -0.39 is 0 Å². The zero-order chi connectivity index (χ0) is 22.4. The van der Waals surface area contributed by atoms with Crippen LogP contribution in [0.3, 0.4) is 0 Å². The number of benzene rings is 1. The second-order valence-corrected chi connectivity index (χ2v) is 9.91. The molecule has 0 saturated carbocycles. The van der Waals surface area contributed by atoms with Crippen LogP contribution < -0.4 is 15.4 Å². The van der Waals surface area contributed by atoms with E-state index in [9.17, 15) is 9.59 Å². The largest absolute Gasteiger partial charge is 0.378 e. The lowest BCUT2D eigenvalue weighted by Crippen LogP contribution is -2.37. The van der Waals surface area contributed by atoms with Crippen molar-refractivity contribution in [3.8, 4) is 10.6 Å². The summed E-state index contributed by atoms with van der Waals surface area (Å²) in [5.74, 6) is -0.144. The molecule has 6 rings (SSSR count). The Kier molecular flexibility index (Phi) is 5.20. The number of morpholine rings is 1. The number of anilines is 2. The molecule has 0 atom stereocenters. The van der Waals surface area contributed by atoms with Gasteiger partial charge in [0.05, 0.1) is 22.8 Å². The summed E-state index contributed by atoms with van der Waals surface area (Å²) in [6.45, 7) is 3.26. The van der Waals surface area contributed by atoms with Crippen molar-refractivity contribution in [1.29, 1.82) is 0 Å². The van der Waals surface area contributed by atoms with Crippen LogP contribution in [-0.2, 0) is 22.5 Å². The fraction of sp³-hybridized carbons (Fsp3) is 0.304. The van der Waals surface area contributed by atoms with Crippen LogP contribution in [0.15, 0.2) is 46.6 Å². The standard InChI is InChI=1S/C23H21N5O3S2/c29-18(27-8-7-15-4-1-2-5-16(15)27)14-28-22(30)20-21(19(25-28)17-6-3-13-32-17)33-23(24-20)26-9-11-31-12-10-26/h1-6,13H,7-12,14H2. The third-order valence-corrected chi connectivity index (χ3v) is 8.00. The summed E-state index contributed by atoms with van der Waals surface area (Å²) in [4.78, 5) is 36.1. The SMILES string of the molecule is O=C(Cn1nc(-c2cccs2)c2sc(N3CCOCC3)nc2c1=O)N1CCc2ccccc21. The van der Waals surface area contributed by atoms with Crippen molar-refractivity contribution in [3.63, 3.8) is 0 Å². The third kappa shape index (κ3) is 3.64. The highest BCUT2D eigenvalue weighted by molar-refractivity contribution is 7.23. The maximum Gasteiger partial charge on any atom is 0.294 e. The van der Waals surface area contributed by atoms with Gasteiger partial charge in [0.15, 0.2) is 10.6 Å². The summed E-state index contributed by atoms with van der Waals surface area (Å²) < 4.78 is 7.50. The summed E-state index contributed by atoms with van der Waals surface area (Å²) in [5, 5.41) is 7.44. The normalized spacial score (nSPS) is 15.9. The molecule has 8 nitrogen and oxygen atoms in total. The molecule has 0 unspecified atom stereocenters. The fourth-order valence-corrected chi connectivity index (χ4v) is 6.22. The van der Waals surface area contributed by atoms with Crippen LogP contribution in [0, 0.1) is 0 Å². The van der Waals surface area contributed by atoms with E-state index in [4.69, 9.17) is 9.72 Å². The number of hydrogen-bond acceptors (Lipinski definition) is 8. The predicted molar refractivity (Wildman–Crippen MR) is 131 cm³/mol. The molecule has 1 aromatic carbocycles. The van der Waals surface area contributed by atoms with Crippen molar-refractivity contribution in [3.05, 3.63) is 57.7 Å². The van der Waals surface area contributed by atoms with E-state index in [0.717, 1.165) is 45.5 Å². The van der Waals surface area contributed by atoms with Gasteiger partial charge in [-0.3, -0.25) is 9.59 Å². The van der Waals surface area contributed by atoms with Crippen molar-refractivity contribution in [2.45, 2.75) is 13.0 Å². The van der Waals surface area contributed by atoms with Gasteiger partial charge in [-0.1, -0.05) is 35.6 Å². The van der Waals surface area contributed by atoms with Crippen LogP contribution in [0.4, 0.5) is 10.8 Å². The molecule has 0 spiro atoms. The molecule has 5 heterocycles. The van der Waals surface area contributed by atoms with E-state index >= 15 is 0 Å². The van der Waals surface area contributed by atoms with Crippen molar-refractivity contribution >= 4 is 49.6 Å². The molecule has 1 amide bonds. The minimum Gasteiger partial charge on any atom is -0.378 e. The Morgan fingerprint density at radius 1 is 1.09 bits per heavy atom. The second kappa shape index (κ2) is 8.36.